The van der Waals surface area contributed by atoms with Gasteiger partial charge in [0.1, 0.15) is 6.61 Å². The first-order valence-electron chi connectivity index (χ1n) is 37.5. The van der Waals surface area contributed by atoms with Crippen LogP contribution >= 0.6 is 7.82 Å². The number of carbonyl (C=O) groups is 2. The molecule has 0 aliphatic heterocycles. The smallest absolute Gasteiger partial charge is 0.462 e. The Balaban J connectivity index is 4.04. The molecule has 0 saturated carbocycles. The molecule has 0 aliphatic rings. The zero-order chi connectivity index (χ0) is 70.0. The van der Waals surface area contributed by atoms with E-state index < -0.39 is 32.5 Å². The first-order chi connectivity index (χ1) is 47.8. The van der Waals surface area contributed by atoms with E-state index in [1.165, 1.54) is 32.1 Å². The highest BCUT2D eigenvalue weighted by molar-refractivity contribution is 7.47. The van der Waals surface area contributed by atoms with Crippen LogP contribution in [0.15, 0.2) is 243 Å². The van der Waals surface area contributed by atoms with Gasteiger partial charge >= 0.3 is 19.8 Å². The Morgan fingerprint density at radius 1 is 0.309 bits per heavy atom. The van der Waals surface area contributed by atoms with Crippen molar-refractivity contribution in [2.24, 2.45) is 5.73 Å². The molecule has 0 heterocycles. The van der Waals surface area contributed by atoms with E-state index in [2.05, 4.69) is 257 Å². The Kier molecular flexibility index (Phi) is 73.8. The van der Waals surface area contributed by atoms with E-state index in [0.717, 1.165) is 186 Å². The largest absolute Gasteiger partial charge is 0.472 e. The molecule has 9 nitrogen and oxygen atoms in total. The highest BCUT2D eigenvalue weighted by atomic mass is 31.2. The van der Waals surface area contributed by atoms with Crippen molar-refractivity contribution < 1.29 is 37.6 Å². The molecule has 0 aromatic carbocycles. The van der Waals surface area contributed by atoms with Gasteiger partial charge in [-0.3, -0.25) is 18.6 Å². The summed E-state index contributed by atoms with van der Waals surface area (Å²) in [5, 5.41) is 0. The average molecular weight is 1350 g/mol. The molecule has 2 unspecified atom stereocenters. The van der Waals surface area contributed by atoms with Crippen LogP contribution in [0.3, 0.4) is 0 Å². The van der Waals surface area contributed by atoms with E-state index in [1.54, 1.807) is 0 Å². The number of hydrogen-bond donors (Lipinski definition) is 2. The summed E-state index contributed by atoms with van der Waals surface area (Å²) < 4.78 is 33.2. The number of rotatable bonds is 67. The Labute approximate surface area is 593 Å². The van der Waals surface area contributed by atoms with Gasteiger partial charge in [0.2, 0.25) is 0 Å². The lowest BCUT2D eigenvalue weighted by molar-refractivity contribution is -0.161. The van der Waals surface area contributed by atoms with Crippen molar-refractivity contribution in [2.45, 2.75) is 264 Å². The normalized spacial score (nSPS) is 14.3. The van der Waals surface area contributed by atoms with Crippen LogP contribution in [-0.2, 0) is 32.7 Å². The summed E-state index contributed by atoms with van der Waals surface area (Å²) >= 11 is 0. The SMILES string of the molecule is CC/C=C\C/C=C\C/C=C\C/C=C\C/C=C\C/C=C\C/C=C\C/C=C\C/C=C\C/C=C\C/C=C\CCCCCCCCCC(=O)OC(COC(=O)CCCCCCCCC/C=C\C/C=C\C/C=C\C/C=C\C/C=C\C/C=C\C/C=C\C/C=C\C/C=C\CC)COP(=O)(O)OCCN. The number of allylic oxidation sites excluding steroid dienone is 40. The van der Waals surface area contributed by atoms with E-state index in [0.29, 0.717) is 12.8 Å². The van der Waals surface area contributed by atoms with Gasteiger partial charge in [-0.1, -0.05) is 321 Å². The topological polar surface area (TPSA) is 134 Å². The van der Waals surface area contributed by atoms with Gasteiger partial charge in [0.05, 0.1) is 13.2 Å². The maximum absolute atomic E-state index is 12.8. The molecular weight excluding hydrogens is 1220 g/mol. The van der Waals surface area contributed by atoms with Crippen molar-refractivity contribution in [1.82, 2.24) is 0 Å². The van der Waals surface area contributed by atoms with Crippen LogP contribution in [0.1, 0.15) is 258 Å². The average Bonchev–Trinajstić information content (AvgIpc) is 2.57. The second-order valence-corrected chi connectivity index (χ2v) is 25.1. The van der Waals surface area contributed by atoms with Crippen LogP contribution in [0.25, 0.3) is 0 Å². The van der Waals surface area contributed by atoms with Gasteiger partial charge in [-0.05, 0) is 167 Å². The third kappa shape index (κ3) is 78.7. The molecule has 0 fully saturated rings. The standard InChI is InChI=1S/C87H134NO8P/c1-3-5-7-9-11-13-15-17-19-21-23-25-27-29-31-33-35-37-39-40-41-42-43-44-46-48-50-52-54-56-58-60-62-64-66-68-70-72-74-76-78-80-87(90)96-85(84-95-97(91,92)94-82-81-88)83-93-86(89)79-77-75-73-71-69-67-65-63-61-59-57-55-53-51-49-47-45-38-36-34-32-30-28-26-24-22-20-18-16-14-12-10-8-6-4-2/h5-8,11-14,17-20,23-26,29-32,35-38,40-41,43-44,47-50,53-56,59-62,85H,3-4,9-10,15-16,21-22,27-28,33-34,39,42,45-46,51-52,57-58,63-84,88H2,1-2H3,(H,91,92)/b7-5-,8-6-,13-11-,14-12-,19-17-,20-18-,25-23-,26-24-,31-29-,32-30-,37-35-,38-36-,41-40-,44-43-,49-47-,50-48-,55-53-,56-54-,61-59-,62-60-. The highest BCUT2D eigenvalue weighted by Crippen LogP contribution is 2.43. The molecule has 97 heavy (non-hydrogen) atoms. The van der Waals surface area contributed by atoms with Crippen LogP contribution in [0.2, 0.25) is 0 Å². The van der Waals surface area contributed by atoms with Gasteiger partial charge in [-0.2, -0.15) is 0 Å². The monoisotopic (exact) mass is 1350 g/mol. The molecule has 10 heteroatoms. The summed E-state index contributed by atoms with van der Waals surface area (Å²) in [4.78, 5) is 35.4. The van der Waals surface area contributed by atoms with Gasteiger partial charge in [0, 0.05) is 19.4 Å². The lowest BCUT2D eigenvalue weighted by atomic mass is 10.1. The predicted octanol–water partition coefficient (Wildman–Crippen LogP) is 25.5. The summed E-state index contributed by atoms with van der Waals surface area (Å²) in [6.45, 7) is 3.46. The van der Waals surface area contributed by atoms with Crippen molar-refractivity contribution in [3.8, 4) is 0 Å². The van der Waals surface area contributed by atoms with E-state index >= 15 is 0 Å². The number of nitrogens with two attached hydrogens (primary N) is 1. The molecule has 0 bridgehead atoms. The molecule has 540 valence electrons. The second kappa shape index (κ2) is 78.8. The number of unbranched alkanes of at least 4 members (excludes halogenated alkanes) is 14. The molecule has 3 N–H and O–H groups in total. The minimum Gasteiger partial charge on any atom is -0.462 e. The second-order valence-electron chi connectivity index (χ2n) is 23.7. The summed E-state index contributed by atoms with van der Waals surface area (Å²) in [6.07, 6.45) is 125. The number of esters is 2. The minimum absolute atomic E-state index is 0.0368. The molecule has 0 saturated heterocycles. The van der Waals surface area contributed by atoms with Crippen LogP contribution in [0.5, 0.6) is 0 Å². The fourth-order valence-electron chi connectivity index (χ4n) is 9.28. The molecule has 0 aliphatic carbocycles. The fraction of sp³-hybridized carbons (Fsp3) is 0.517. The van der Waals surface area contributed by atoms with E-state index in [4.69, 9.17) is 24.3 Å². The molecule has 0 amide bonds. The molecular formula is C87H134NO8P. The van der Waals surface area contributed by atoms with Crippen molar-refractivity contribution in [3.05, 3.63) is 243 Å². The third-order valence-corrected chi connectivity index (χ3v) is 15.7. The Hall–Kier alpha value is -6.19. The van der Waals surface area contributed by atoms with Crippen molar-refractivity contribution in [2.75, 3.05) is 26.4 Å². The maximum atomic E-state index is 12.8. The van der Waals surface area contributed by atoms with Crippen LogP contribution < -0.4 is 5.73 Å². The van der Waals surface area contributed by atoms with Gasteiger partial charge in [-0.25, -0.2) is 4.57 Å². The number of phosphoric ester groups is 1. The zero-order valence-electron chi connectivity index (χ0n) is 60.7. The Bertz CT molecular complexity index is 2500. The number of hydrogen-bond acceptors (Lipinski definition) is 8. The molecule has 0 aromatic heterocycles. The van der Waals surface area contributed by atoms with Gasteiger partial charge < -0.3 is 20.1 Å². The molecule has 0 aromatic rings. The number of carbonyl (C=O) groups excluding carboxylic acids is 2. The van der Waals surface area contributed by atoms with Crippen molar-refractivity contribution in [3.63, 3.8) is 0 Å². The Morgan fingerprint density at radius 3 is 0.794 bits per heavy atom. The summed E-state index contributed by atoms with van der Waals surface area (Å²) in [6, 6.07) is 0. The molecule has 0 radical (unpaired) electrons. The fourth-order valence-corrected chi connectivity index (χ4v) is 10.0. The first-order valence-corrected chi connectivity index (χ1v) is 39.0. The predicted molar refractivity (Wildman–Crippen MR) is 421 cm³/mol. The van der Waals surface area contributed by atoms with Gasteiger partial charge in [0.25, 0.3) is 0 Å². The van der Waals surface area contributed by atoms with Crippen molar-refractivity contribution >= 4 is 19.8 Å². The lowest BCUT2D eigenvalue weighted by Crippen LogP contribution is -2.29. The van der Waals surface area contributed by atoms with Crippen LogP contribution in [0.4, 0.5) is 0 Å². The lowest BCUT2D eigenvalue weighted by Gasteiger charge is -2.19. The summed E-state index contributed by atoms with van der Waals surface area (Å²) in [5.74, 6) is -0.871. The van der Waals surface area contributed by atoms with Crippen LogP contribution in [-0.4, -0.2) is 49.3 Å². The van der Waals surface area contributed by atoms with Crippen LogP contribution in [0, 0.1) is 0 Å². The Morgan fingerprint density at radius 2 is 0.536 bits per heavy atom. The summed E-state index contributed by atoms with van der Waals surface area (Å²) in [7, 11) is -4.42. The number of phosphoric acid groups is 1. The quantitative estimate of drug-likeness (QED) is 0.0264. The summed E-state index contributed by atoms with van der Waals surface area (Å²) in [5.41, 5.74) is 5.40. The minimum atomic E-state index is -4.42. The molecule has 0 rings (SSSR count). The maximum Gasteiger partial charge on any atom is 0.472 e. The number of ether oxygens (including phenoxy) is 2. The third-order valence-electron chi connectivity index (χ3n) is 14.7. The van der Waals surface area contributed by atoms with Crippen molar-refractivity contribution in [1.29, 1.82) is 0 Å². The van der Waals surface area contributed by atoms with E-state index in [-0.39, 0.29) is 32.6 Å². The van der Waals surface area contributed by atoms with E-state index in [1.807, 2.05) is 0 Å². The first kappa shape index (κ1) is 90.8. The van der Waals surface area contributed by atoms with E-state index in [9.17, 15) is 19.0 Å². The van der Waals surface area contributed by atoms with Gasteiger partial charge in [-0.15, -0.1) is 0 Å². The zero-order valence-corrected chi connectivity index (χ0v) is 61.6. The molecule has 2 atom stereocenters. The highest BCUT2D eigenvalue weighted by Gasteiger charge is 2.26. The molecule has 0 spiro atoms. The van der Waals surface area contributed by atoms with Gasteiger partial charge in [0.15, 0.2) is 6.10 Å².